The minimum Gasteiger partial charge on any atom is -0.352 e. The van der Waals surface area contributed by atoms with Gasteiger partial charge in [0.1, 0.15) is 0 Å². The summed E-state index contributed by atoms with van der Waals surface area (Å²) in [5.74, 6) is 0.645. The second-order valence-electron chi connectivity index (χ2n) is 7.69. The normalized spacial score (nSPS) is 14.8. The van der Waals surface area contributed by atoms with Gasteiger partial charge in [0.2, 0.25) is 5.91 Å². The molecule has 2 heterocycles. The van der Waals surface area contributed by atoms with E-state index in [-0.39, 0.29) is 11.8 Å². The summed E-state index contributed by atoms with van der Waals surface area (Å²) in [6.45, 7) is 4.68. The highest BCUT2D eigenvalue weighted by atomic mass is 16.2. The van der Waals surface area contributed by atoms with Crippen molar-refractivity contribution in [1.82, 2.24) is 15.2 Å². The highest BCUT2D eigenvalue weighted by Crippen LogP contribution is 2.26. The van der Waals surface area contributed by atoms with Crippen molar-refractivity contribution < 1.29 is 9.59 Å². The van der Waals surface area contributed by atoms with Crippen molar-refractivity contribution >= 4 is 22.7 Å². The molecule has 0 atom stereocenters. The van der Waals surface area contributed by atoms with Gasteiger partial charge in [-0.3, -0.25) is 14.2 Å². The van der Waals surface area contributed by atoms with Crippen LogP contribution >= 0.6 is 0 Å². The van der Waals surface area contributed by atoms with Gasteiger partial charge in [-0.15, -0.1) is 0 Å². The van der Waals surface area contributed by atoms with Crippen LogP contribution in [-0.2, 0) is 0 Å². The molecule has 3 aromatic rings. The second-order valence-corrected chi connectivity index (χ2v) is 7.69. The van der Waals surface area contributed by atoms with Gasteiger partial charge >= 0.3 is 0 Å². The van der Waals surface area contributed by atoms with Crippen molar-refractivity contribution in [2.75, 3.05) is 19.6 Å². The third kappa shape index (κ3) is 4.25. The van der Waals surface area contributed by atoms with Crippen LogP contribution in [0.4, 0.5) is 0 Å². The molecule has 1 aliphatic rings. The van der Waals surface area contributed by atoms with Gasteiger partial charge in [0.25, 0.3) is 5.91 Å². The van der Waals surface area contributed by atoms with Crippen molar-refractivity contribution in [3.63, 3.8) is 0 Å². The summed E-state index contributed by atoms with van der Waals surface area (Å²) < 4.78 is 1.70. The molecular weight excluding hydrogens is 362 g/mol. The Hall–Kier alpha value is -2.92. The van der Waals surface area contributed by atoms with Crippen molar-refractivity contribution in [2.45, 2.75) is 26.2 Å². The third-order valence-corrected chi connectivity index (χ3v) is 5.75. The zero-order valence-corrected chi connectivity index (χ0v) is 16.8. The molecule has 0 unspecified atom stereocenters. The number of piperidine rings is 1. The van der Waals surface area contributed by atoms with Crippen molar-refractivity contribution in [2.24, 2.45) is 5.92 Å². The Morgan fingerprint density at radius 2 is 1.76 bits per heavy atom. The van der Waals surface area contributed by atoms with Gasteiger partial charge in [-0.2, -0.15) is 0 Å². The first kappa shape index (κ1) is 19.4. The molecule has 0 radical (unpaired) electrons. The summed E-state index contributed by atoms with van der Waals surface area (Å²) in [6.07, 6.45) is 4.54. The van der Waals surface area contributed by atoms with Crippen LogP contribution in [0.1, 0.15) is 41.3 Å². The molecule has 1 aromatic heterocycles. The van der Waals surface area contributed by atoms with E-state index in [1.165, 1.54) is 0 Å². The van der Waals surface area contributed by atoms with Crippen LogP contribution in [0.25, 0.3) is 22.0 Å². The summed E-state index contributed by atoms with van der Waals surface area (Å²) in [5.41, 5.74) is 3.73. The zero-order valence-electron chi connectivity index (χ0n) is 16.8. The fraction of sp³-hybridized carbons (Fsp3) is 0.333. The van der Waals surface area contributed by atoms with E-state index in [0.717, 1.165) is 54.5 Å². The lowest BCUT2D eigenvalue weighted by Crippen LogP contribution is -2.35. The molecule has 29 heavy (non-hydrogen) atoms. The molecule has 1 amide bonds. The number of hydrogen-bond donors (Lipinski definition) is 2. The van der Waals surface area contributed by atoms with E-state index in [9.17, 15) is 9.59 Å². The van der Waals surface area contributed by atoms with Crippen LogP contribution in [0.5, 0.6) is 0 Å². The lowest BCUT2D eigenvalue weighted by atomic mass is 9.98. The standard InChI is InChI=1S/C24H27N3O2/c1-2-23(28)27-14-11-21-15-20(7-8-22(21)27)18-3-5-19(6-4-18)24(29)26-16-17-9-12-25-13-10-17/h3-8,11,14-15,17,25H,2,9-10,12-13,16H2,1H3,(H,26,29). The summed E-state index contributed by atoms with van der Waals surface area (Å²) in [5, 5.41) is 7.45. The molecule has 1 saturated heterocycles. The molecule has 0 aliphatic carbocycles. The Bertz CT molecular complexity index is 1010. The van der Waals surface area contributed by atoms with E-state index < -0.39 is 0 Å². The summed E-state index contributed by atoms with van der Waals surface area (Å²) in [6, 6.07) is 15.8. The van der Waals surface area contributed by atoms with Crippen molar-refractivity contribution in [1.29, 1.82) is 0 Å². The predicted octanol–water partition coefficient (Wildman–Crippen LogP) is 4.09. The predicted molar refractivity (Wildman–Crippen MR) is 116 cm³/mol. The van der Waals surface area contributed by atoms with Gasteiger partial charge in [0.05, 0.1) is 5.52 Å². The number of carbonyl (C=O) groups is 2. The van der Waals surface area contributed by atoms with Crippen LogP contribution in [0, 0.1) is 5.92 Å². The van der Waals surface area contributed by atoms with Crippen LogP contribution in [0.2, 0.25) is 0 Å². The van der Waals surface area contributed by atoms with E-state index in [1.54, 1.807) is 4.57 Å². The molecule has 1 fully saturated rings. The summed E-state index contributed by atoms with van der Waals surface area (Å²) >= 11 is 0. The van der Waals surface area contributed by atoms with Gasteiger partial charge in [-0.1, -0.05) is 25.1 Å². The molecule has 5 nitrogen and oxygen atoms in total. The maximum Gasteiger partial charge on any atom is 0.251 e. The van der Waals surface area contributed by atoms with Gasteiger partial charge in [0.15, 0.2) is 0 Å². The molecule has 5 heteroatoms. The monoisotopic (exact) mass is 389 g/mol. The number of carbonyl (C=O) groups excluding carboxylic acids is 2. The Morgan fingerprint density at radius 3 is 2.48 bits per heavy atom. The molecule has 2 aromatic carbocycles. The largest absolute Gasteiger partial charge is 0.352 e. The zero-order chi connectivity index (χ0) is 20.2. The van der Waals surface area contributed by atoms with Crippen LogP contribution in [-0.4, -0.2) is 36.0 Å². The molecular formula is C24H27N3O2. The second kappa shape index (κ2) is 8.62. The Kier molecular flexibility index (Phi) is 5.76. The Balaban J connectivity index is 1.45. The van der Waals surface area contributed by atoms with Gasteiger partial charge < -0.3 is 10.6 Å². The Labute approximate surface area is 171 Å². The van der Waals surface area contributed by atoms with Gasteiger partial charge in [-0.05, 0) is 73.3 Å². The van der Waals surface area contributed by atoms with E-state index >= 15 is 0 Å². The minimum absolute atomic E-state index is 0.0133. The topological polar surface area (TPSA) is 63.1 Å². The number of nitrogens with zero attached hydrogens (tertiary/aromatic N) is 1. The van der Waals surface area contributed by atoms with Gasteiger partial charge in [0, 0.05) is 30.1 Å². The summed E-state index contributed by atoms with van der Waals surface area (Å²) in [4.78, 5) is 24.5. The molecule has 0 bridgehead atoms. The van der Waals surface area contributed by atoms with E-state index in [1.807, 2.05) is 55.6 Å². The highest BCUT2D eigenvalue weighted by Gasteiger charge is 2.15. The van der Waals surface area contributed by atoms with Crippen molar-refractivity contribution in [3.05, 3.63) is 60.3 Å². The first-order chi connectivity index (χ1) is 14.2. The Morgan fingerprint density at radius 1 is 1.03 bits per heavy atom. The third-order valence-electron chi connectivity index (χ3n) is 5.75. The highest BCUT2D eigenvalue weighted by molar-refractivity contribution is 5.96. The lowest BCUT2D eigenvalue weighted by Gasteiger charge is -2.22. The molecule has 0 saturated carbocycles. The molecule has 1 aliphatic heterocycles. The average molecular weight is 389 g/mol. The fourth-order valence-corrected chi connectivity index (χ4v) is 3.95. The maximum atomic E-state index is 12.4. The molecule has 2 N–H and O–H groups in total. The molecule has 0 spiro atoms. The van der Waals surface area contributed by atoms with Crippen molar-refractivity contribution in [3.8, 4) is 11.1 Å². The summed E-state index contributed by atoms with van der Waals surface area (Å²) in [7, 11) is 0. The number of rotatable bonds is 5. The maximum absolute atomic E-state index is 12.4. The molecule has 4 rings (SSSR count). The number of aromatic nitrogens is 1. The van der Waals surface area contributed by atoms with Crippen LogP contribution < -0.4 is 10.6 Å². The van der Waals surface area contributed by atoms with Crippen LogP contribution in [0.3, 0.4) is 0 Å². The SMILES string of the molecule is CCC(=O)n1ccc2cc(-c3ccc(C(=O)NCC4CCNCC4)cc3)ccc21. The lowest BCUT2D eigenvalue weighted by molar-refractivity contribution is 0.0912. The van der Waals surface area contributed by atoms with E-state index in [0.29, 0.717) is 17.9 Å². The first-order valence-electron chi connectivity index (χ1n) is 10.4. The minimum atomic E-state index is -0.0133. The number of amides is 1. The van der Waals surface area contributed by atoms with E-state index in [4.69, 9.17) is 0 Å². The first-order valence-corrected chi connectivity index (χ1v) is 10.4. The number of fused-ring (bicyclic) bond motifs is 1. The average Bonchev–Trinajstić information content (AvgIpc) is 3.21. The van der Waals surface area contributed by atoms with Crippen LogP contribution in [0.15, 0.2) is 54.7 Å². The molecule has 150 valence electrons. The van der Waals surface area contributed by atoms with Gasteiger partial charge in [-0.25, -0.2) is 0 Å². The quantitative estimate of drug-likeness (QED) is 0.691. The smallest absolute Gasteiger partial charge is 0.251 e. The number of nitrogens with one attached hydrogen (secondary N) is 2. The fourth-order valence-electron chi connectivity index (χ4n) is 3.95. The number of benzene rings is 2. The number of hydrogen-bond acceptors (Lipinski definition) is 3. The van der Waals surface area contributed by atoms with E-state index in [2.05, 4.69) is 16.7 Å².